The zero-order chi connectivity index (χ0) is 19.3. The van der Waals surface area contributed by atoms with E-state index < -0.39 is 20.9 Å². The van der Waals surface area contributed by atoms with Gasteiger partial charge in [-0.25, -0.2) is 8.42 Å². The Morgan fingerprint density at radius 1 is 1.46 bits per heavy atom. The molecule has 10 heteroatoms. The van der Waals surface area contributed by atoms with E-state index in [-0.39, 0.29) is 33.8 Å². The SMILES string of the molecule is CCOC(=O)CSc1ccc(S(=O)(=O)N2CCC[C@H](C)C2)cc1[N+](=O)[O-]. The standard InChI is InChI=1S/C16H22N2O6S2/c1-3-24-16(19)11-25-15-7-6-13(9-14(15)18(20)21)26(22,23)17-8-4-5-12(2)10-17/h6-7,9,12H,3-5,8,10-11H2,1-2H3/t12-/m0/s1. The monoisotopic (exact) mass is 402 g/mol. The molecule has 0 unspecified atom stereocenters. The molecular formula is C16H22N2O6S2. The van der Waals surface area contributed by atoms with Crippen molar-refractivity contribution in [1.29, 1.82) is 0 Å². The number of esters is 1. The molecule has 0 spiro atoms. The molecule has 0 aliphatic carbocycles. The molecule has 0 aromatic heterocycles. The van der Waals surface area contributed by atoms with E-state index >= 15 is 0 Å². The van der Waals surface area contributed by atoms with Gasteiger partial charge < -0.3 is 4.74 Å². The van der Waals surface area contributed by atoms with E-state index in [1.165, 1.54) is 16.4 Å². The van der Waals surface area contributed by atoms with Crippen LogP contribution in [-0.2, 0) is 19.6 Å². The molecule has 0 bridgehead atoms. The van der Waals surface area contributed by atoms with Crippen LogP contribution in [0.3, 0.4) is 0 Å². The quantitative estimate of drug-likeness (QED) is 0.299. The molecule has 1 aromatic rings. The molecule has 1 fully saturated rings. The number of hydrogen-bond acceptors (Lipinski definition) is 7. The third-order valence-corrected chi connectivity index (χ3v) is 6.93. The molecule has 0 saturated carbocycles. The van der Waals surface area contributed by atoms with Crippen molar-refractivity contribution < 1.29 is 22.9 Å². The van der Waals surface area contributed by atoms with Crippen LogP contribution < -0.4 is 0 Å². The first-order valence-corrected chi connectivity index (χ1v) is 10.7. The van der Waals surface area contributed by atoms with Gasteiger partial charge in [0.05, 0.1) is 27.1 Å². The first-order chi connectivity index (χ1) is 12.3. The predicted octanol–water partition coefficient (Wildman–Crippen LogP) is 2.67. The number of nitrogens with zero attached hydrogens (tertiary/aromatic N) is 2. The van der Waals surface area contributed by atoms with Gasteiger partial charge in [-0.05, 0) is 37.8 Å². The van der Waals surface area contributed by atoms with Gasteiger partial charge in [0.1, 0.15) is 0 Å². The van der Waals surface area contributed by atoms with Gasteiger partial charge in [0.2, 0.25) is 10.0 Å². The Labute approximate surface area is 157 Å². The highest BCUT2D eigenvalue weighted by molar-refractivity contribution is 8.00. The molecule has 1 aliphatic rings. The first-order valence-electron chi connectivity index (χ1n) is 8.32. The number of carbonyl (C=O) groups is 1. The fourth-order valence-electron chi connectivity index (χ4n) is 2.78. The number of benzene rings is 1. The van der Waals surface area contributed by atoms with E-state index in [9.17, 15) is 23.3 Å². The molecule has 1 aliphatic heterocycles. The maximum atomic E-state index is 12.8. The lowest BCUT2D eigenvalue weighted by molar-refractivity contribution is -0.388. The maximum Gasteiger partial charge on any atom is 0.316 e. The molecule has 144 valence electrons. The lowest BCUT2D eigenvalue weighted by Gasteiger charge is -2.30. The summed E-state index contributed by atoms with van der Waals surface area (Å²) >= 11 is 0.954. The van der Waals surface area contributed by atoms with Crippen molar-refractivity contribution in [2.24, 2.45) is 5.92 Å². The summed E-state index contributed by atoms with van der Waals surface area (Å²) in [5.74, 6) is -0.302. The van der Waals surface area contributed by atoms with E-state index in [0.29, 0.717) is 13.1 Å². The maximum absolute atomic E-state index is 12.8. The number of ether oxygens (including phenoxy) is 1. The molecule has 1 saturated heterocycles. The number of rotatable bonds is 7. The minimum atomic E-state index is -3.78. The zero-order valence-corrected chi connectivity index (χ0v) is 16.3. The average Bonchev–Trinajstić information content (AvgIpc) is 2.60. The predicted molar refractivity (Wildman–Crippen MR) is 97.6 cm³/mol. The molecule has 0 N–H and O–H groups in total. The van der Waals surface area contributed by atoms with Crippen molar-refractivity contribution in [3.05, 3.63) is 28.3 Å². The largest absolute Gasteiger partial charge is 0.465 e. The Balaban J connectivity index is 2.26. The molecule has 2 rings (SSSR count). The smallest absolute Gasteiger partial charge is 0.316 e. The highest BCUT2D eigenvalue weighted by atomic mass is 32.2. The second-order valence-electron chi connectivity index (χ2n) is 6.09. The fourth-order valence-corrected chi connectivity index (χ4v) is 5.20. The summed E-state index contributed by atoms with van der Waals surface area (Å²) < 4.78 is 31.8. The summed E-state index contributed by atoms with van der Waals surface area (Å²) in [6.45, 7) is 4.72. The van der Waals surface area contributed by atoms with Crippen LogP contribution in [0, 0.1) is 16.0 Å². The van der Waals surface area contributed by atoms with E-state index in [4.69, 9.17) is 4.74 Å². The van der Waals surface area contributed by atoms with Crippen LogP contribution in [-0.4, -0.2) is 49.1 Å². The van der Waals surface area contributed by atoms with E-state index in [1.807, 2.05) is 6.92 Å². The van der Waals surface area contributed by atoms with Crippen LogP contribution in [0.25, 0.3) is 0 Å². The normalized spacial score (nSPS) is 18.5. The van der Waals surface area contributed by atoms with Crippen molar-refractivity contribution in [3.63, 3.8) is 0 Å². The topological polar surface area (TPSA) is 107 Å². The lowest BCUT2D eigenvalue weighted by atomic mass is 10.0. The minimum absolute atomic E-state index is 0.0790. The van der Waals surface area contributed by atoms with Gasteiger partial charge in [-0.3, -0.25) is 14.9 Å². The van der Waals surface area contributed by atoms with Crippen LogP contribution in [0.5, 0.6) is 0 Å². The molecule has 26 heavy (non-hydrogen) atoms. The Bertz CT molecular complexity index is 781. The second kappa shape index (κ2) is 8.83. The minimum Gasteiger partial charge on any atom is -0.465 e. The summed E-state index contributed by atoms with van der Waals surface area (Å²) in [7, 11) is -3.78. The Hall–Kier alpha value is -1.65. The molecule has 8 nitrogen and oxygen atoms in total. The molecule has 0 radical (unpaired) electrons. The number of sulfonamides is 1. The average molecular weight is 402 g/mol. The van der Waals surface area contributed by atoms with Crippen LogP contribution in [0.15, 0.2) is 28.0 Å². The molecular weight excluding hydrogens is 380 g/mol. The highest BCUT2D eigenvalue weighted by Crippen LogP contribution is 2.33. The van der Waals surface area contributed by atoms with Gasteiger partial charge in [-0.1, -0.05) is 6.92 Å². The number of piperidine rings is 1. The van der Waals surface area contributed by atoms with Crippen LogP contribution in [0.4, 0.5) is 5.69 Å². The number of thioether (sulfide) groups is 1. The molecule has 1 atom stereocenters. The summed E-state index contributed by atoms with van der Waals surface area (Å²) in [5, 5.41) is 11.4. The van der Waals surface area contributed by atoms with Crippen LogP contribution in [0.2, 0.25) is 0 Å². The number of nitro benzene ring substituents is 1. The summed E-state index contributed by atoms with van der Waals surface area (Å²) in [5.41, 5.74) is -0.328. The second-order valence-corrected chi connectivity index (χ2v) is 9.05. The zero-order valence-electron chi connectivity index (χ0n) is 14.7. The Morgan fingerprint density at radius 2 is 2.19 bits per heavy atom. The third kappa shape index (κ3) is 4.95. The number of carbonyl (C=O) groups excluding carboxylic acids is 1. The third-order valence-electron chi connectivity index (χ3n) is 4.04. The Morgan fingerprint density at radius 3 is 2.81 bits per heavy atom. The van der Waals surface area contributed by atoms with Crippen molar-refractivity contribution in [3.8, 4) is 0 Å². The number of hydrogen-bond donors (Lipinski definition) is 0. The fraction of sp³-hybridized carbons (Fsp3) is 0.562. The van der Waals surface area contributed by atoms with Gasteiger partial charge in [-0.15, -0.1) is 11.8 Å². The lowest BCUT2D eigenvalue weighted by Crippen LogP contribution is -2.39. The van der Waals surface area contributed by atoms with Gasteiger partial charge in [0, 0.05) is 19.2 Å². The molecule has 0 amide bonds. The van der Waals surface area contributed by atoms with E-state index in [2.05, 4.69) is 0 Å². The van der Waals surface area contributed by atoms with Gasteiger partial charge in [0.25, 0.3) is 5.69 Å². The van der Waals surface area contributed by atoms with Crippen molar-refractivity contribution in [1.82, 2.24) is 4.31 Å². The molecule has 1 heterocycles. The van der Waals surface area contributed by atoms with Crippen molar-refractivity contribution >= 4 is 33.4 Å². The van der Waals surface area contributed by atoms with Crippen LogP contribution in [0.1, 0.15) is 26.7 Å². The molecule has 1 aromatic carbocycles. The first kappa shape index (κ1) is 20.7. The van der Waals surface area contributed by atoms with Crippen LogP contribution >= 0.6 is 11.8 Å². The van der Waals surface area contributed by atoms with Crippen molar-refractivity contribution in [2.45, 2.75) is 36.5 Å². The Kier molecular flexibility index (Phi) is 7.01. The van der Waals surface area contributed by atoms with Gasteiger partial charge in [-0.2, -0.15) is 4.31 Å². The summed E-state index contributed by atoms with van der Waals surface area (Å²) in [6, 6.07) is 3.81. The van der Waals surface area contributed by atoms with Gasteiger partial charge >= 0.3 is 5.97 Å². The van der Waals surface area contributed by atoms with Gasteiger partial charge in [0.15, 0.2) is 0 Å². The highest BCUT2D eigenvalue weighted by Gasteiger charge is 2.30. The summed E-state index contributed by atoms with van der Waals surface area (Å²) in [6.07, 6.45) is 1.74. The van der Waals surface area contributed by atoms with E-state index in [0.717, 1.165) is 30.7 Å². The van der Waals surface area contributed by atoms with E-state index in [1.54, 1.807) is 6.92 Å². The van der Waals surface area contributed by atoms with Crippen molar-refractivity contribution in [2.75, 3.05) is 25.4 Å². The number of nitro groups is 1. The summed E-state index contributed by atoms with van der Waals surface area (Å²) in [4.78, 5) is 22.3.